The van der Waals surface area contributed by atoms with E-state index in [1.807, 2.05) is 6.08 Å². The Balaban J connectivity index is 1.52. The maximum Gasteiger partial charge on any atom is 0.207 e. The standard InChI is InChI=1S/C24H26F2O3/c1-3-15-5-7-16(8-6-15)13-28-21-12-10-18-17-9-11-20(27-4-2)22(25)19(17)14-29-24(18)23(21)26/h3,9-12,15-16H,1,4-8,13-14H2,2H3. The fourth-order valence-corrected chi connectivity index (χ4v) is 4.21. The Morgan fingerprint density at radius 2 is 1.69 bits per heavy atom. The van der Waals surface area contributed by atoms with Gasteiger partial charge in [-0.15, -0.1) is 6.58 Å². The summed E-state index contributed by atoms with van der Waals surface area (Å²) >= 11 is 0. The third-order valence-corrected chi connectivity index (χ3v) is 5.92. The molecule has 2 aromatic carbocycles. The van der Waals surface area contributed by atoms with E-state index >= 15 is 4.39 Å². The molecule has 2 aromatic rings. The summed E-state index contributed by atoms with van der Waals surface area (Å²) in [5.41, 5.74) is 1.54. The smallest absolute Gasteiger partial charge is 0.207 e. The Morgan fingerprint density at radius 1 is 1.00 bits per heavy atom. The summed E-state index contributed by atoms with van der Waals surface area (Å²) in [7, 11) is 0. The first-order valence-corrected chi connectivity index (χ1v) is 10.3. The van der Waals surface area contributed by atoms with Crippen molar-refractivity contribution in [3.8, 4) is 28.4 Å². The molecule has 0 amide bonds. The molecule has 0 unspecified atom stereocenters. The predicted molar refractivity (Wildman–Crippen MR) is 108 cm³/mol. The highest BCUT2D eigenvalue weighted by atomic mass is 19.1. The summed E-state index contributed by atoms with van der Waals surface area (Å²) in [5, 5.41) is 0. The summed E-state index contributed by atoms with van der Waals surface area (Å²) in [6.45, 7) is 6.48. The first-order valence-electron chi connectivity index (χ1n) is 10.3. The van der Waals surface area contributed by atoms with Crippen molar-refractivity contribution in [2.24, 2.45) is 11.8 Å². The van der Waals surface area contributed by atoms with Crippen molar-refractivity contribution in [2.45, 2.75) is 39.2 Å². The maximum atomic E-state index is 15.0. The Hall–Kier alpha value is -2.56. The minimum Gasteiger partial charge on any atom is -0.491 e. The van der Waals surface area contributed by atoms with Gasteiger partial charge < -0.3 is 14.2 Å². The van der Waals surface area contributed by atoms with Gasteiger partial charge in [0.15, 0.2) is 23.1 Å². The first-order chi connectivity index (χ1) is 14.1. The molecule has 0 atom stereocenters. The normalized spacial score (nSPS) is 20.2. The van der Waals surface area contributed by atoms with Gasteiger partial charge in [-0.1, -0.05) is 6.08 Å². The number of benzene rings is 2. The lowest BCUT2D eigenvalue weighted by Crippen LogP contribution is -2.19. The molecule has 0 saturated heterocycles. The molecule has 0 bridgehead atoms. The fourth-order valence-electron chi connectivity index (χ4n) is 4.21. The van der Waals surface area contributed by atoms with Gasteiger partial charge >= 0.3 is 0 Å². The van der Waals surface area contributed by atoms with Crippen LogP contribution in [0.1, 0.15) is 38.2 Å². The molecule has 1 heterocycles. The molecule has 1 fully saturated rings. The summed E-state index contributed by atoms with van der Waals surface area (Å²) in [4.78, 5) is 0. The van der Waals surface area contributed by atoms with Gasteiger partial charge in [-0.05, 0) is 74.3 Å². The number of hydrogen-bond acceptors (Lipinski definition) is 3. The van der Waals surface area contributed by atoms with Crippen molar-refractivity contribution < 1.29 is 23.0 Å². The lowest BCUT2D eigenvalue weighted by atomic mass is 9.82. The van der Waals surface area contributed by atoms with Gasteiger partial charge in [0.25, 0.3) is 0 Å². The quantitative estimate of drug-likeness (QED) is 0.533. The van der Waals surface area contributed by atoms with E-state index in [1.54, 1.807) is 31.2 Å². The Bertz CT molecular complexity index is 901. The van der Waals surface area contributed by atoms with Crippen molar-refractivity contribution in [1.82, 2.24) is 0 Å². The van der Waals surface area contributed by atoms with Crippen molar-refractivity contribution in [1.29, 1.82) is 0 Å². The van der Waals surface area contributed by atoms with E-state index in [4.69, 9.17) is 14.2 Å². The van der Waals surface area contributed by atoms with Crippen LogP contribution in [0.5, 0.6) is 17.2 Å². The summed E-state index contributed by atoms with van der Waals surface area (Å²) < 4.78 is 46.4. The van der Waals surface area contributed by atoms with E-state index in [0.717, 1.165) is 25.7 Å². The van der Waals surface area contributed by atoms with Crippen LogP contribution in [0.4, 0.5) is 8.78 Å². The zero-order valence-electron chi connectivity index (χ0n) is 16.7. The molecule has 1 saturated carbocycles. The van der Waals surface area contributed by atoms with Crippen LogP contribution < -0.4 is 14.2 Å². The largest absolute Gasteiger partial charge is 0.491 e. The number of halogens is 2. The van der Waals surface area contributed by atoms with Gasteiger partial charge in [0.05, 0.1) is 13.2 Å². The minimum atomic E-state index is -0.526. The van der Waals surface area contributed by atoms with Crippen LogP contribution in [0, 0.1) is 23.5 Å². The molecule has 0 spiro atoms. The highest BCUT2D eigenvalue weighted by molar-refractivity contribution is 5.77. The number of fused-ring (bicyclic) bond motifs is 3. The molecule has 29 heavy (non-hydrogen) atoms. The van der Waals surface area contributed by atoms with Gasteiger partial charge in [-0.25, -0.2) is 4.39 Å². The molecular formula is C24H26F2O3. The second-order valence-electron chi connectivity index (χ2n) is 7.71. The van der Waals surface area contributed by atoms with Crippen LogP contribution in [-0.4, -0.2) is 13.2 Å². The van der Waals surface area contributed by atoms with Crippen molar-refractivity contribution >= 4 is 0 Å². The van der Waals surface area contributed by atoms with Gasteiger partial charge in [0.1, 0.15) is 6.61 Å². The minimum absolute atomic E-state index is 0.0407. The van der Waals surface area contributed by atoms with Gasteiger partial charge in [-0.3, -0.25) is 0 Å². The van der Waals surface area contributed by atoms with E-state index in [1.165, 1.54) is 0 Å². The number of allylic oxidation sites excluding steroid dienone is 1. The fraction of sp³-hybridized carbons (Fsp3) is 0.417. The predicted octanol–water partition coefficient (Wildman–Crippen LogP) is 6.29. The second-order valence-corrected chi connectivity index (χ2v) is 7.71. The third-order valence-electron chi connectivity index (χ3n) is 5.92. The van der Waals surface area contributed by atoms with E-state index in [2.05, 4.69) is 6.58 Å². The van der Waals surface area contributed by atoms with Gasteiger partial charge in [-0.2, -0.15) is 4.39 Å². The van der Waals surface area contributed by atoms with E-state index in [9.17, 15) is 4.39 Å². The SMILES string of the molecule is C=CC1CCC(COc2ccc3c(c2F)OCc2c-3ccc(OCC)c2F)CC1. The number of hydrogen-bond donors (Lipinski definition) is 0. The molecule has 1 aliphatic carbocycles. The van der Waals surface area contributed by atoms with Crippen LogP contribution in [0.15, 0.2) is 36.9 Å². The average Bonchev–Trinajstić information content (AvgIpc) is 2.75. The van der Waals surface area contributed by atoms with Crippen LogP contribution in [0.25, 0.3) is 11.1 Å². The molecule has 0 radical (unpaired) electrons. The molecule has 4 rings (SSSR count). The zero-order chi connectivity index (χ0) is 20.4. The van der Waals surface area contributed by atoms with Crippen molar-refractivity contribution in [3.63, 3.8) is 0 Å². The first kappa shape index (κ1) is 19.7. The number of rotatable bonds is 6. The summed E-state index contributed by atoms with van der Waals surface area (Å²) in [6, 6.07) is 6.67. The zero-order valence-corrected chi connectivity index (χ0v) is 16.7. The van der Waals surface area contributed by atoms with Crippen LogP contribution in [0.2, 0.25) is 0 Å². The molecule has 0 N–H and O–H groups in total. The molecule has 5 heteroatoms. The molecule has 3 nitrogen and oxygen atoms in total. The van der Waals surface area contributed by atoms with Crippen LogP contribution >= 0.6 is 0 Å². The topological polar surface area (TPSA) is 27.7 Å². The molecule has 0 aromatic heterocycles. The molecule has 154 valence electrons. The Kier molecular flexibility index (Phi) is 5.74. The Morgan fingerprint density at radius 3 is 2.38 bits per heavy atom. The Labute approximate surface area is 170 Å². The molecule has 1 aliphatic heterocycles. The highest BCUT2D eigenvalue weighted by Crippen LogP contribution is 2.44. The van der Waals surface area contributed by atoms with Crippen LogP contribution in [-0.2, 0) is 6.61 Å². The van der Waals surface area contributed by atoms with E-state index < -0.39 is 11.6 Å². The van der Waals surface area contributed by atoms with Gasteiger partial charge in [0, 0.05) is 11.1 Å². The highest BCUT2D eigenvalue weighted by Gasteiger charge is 2.27. The average molecular weight is 400 g/mol. The third kappa shape index (κ3) is 3.83. The summed E-state index contributed by atoms with van der Waals surface area (Å²) in [6.07, 6.45) is 6.37. The molecule has 2 aliphatic rings. The molecular weight excluding hydrogens is 374 g/mol. The number of ether oxygens (including phenoxy) is 3. The van der Waals surface area contributed by atoms with Crippen molar-refractivity contribution in [3.05, 3.63) is 54.1 Å². The second kappa shape index (κ2) is 8.44. The lowest BCUT2D eigenvalue weighted by molar-refractivity contribution is 0.186. The lowest BCUT2D eigenvalue weighted by Gasteiger charge is -2.27. The van der Waals surface area contributed by atoms with Gasteiger partial charge in [0.2, 0.25) is 5.82 Å². The maximum absolute atomic E-state index is 15.0. The van der Waals surface area contributed by atoms with Crippen molar-refractivity contribution in [2.75, 3.05) is 13.2 Å². The monoisotopic (exact) mass is 400 g/mol. The summed E-state index contributed by atoms with van der Waals surface area (Å²) in [5.74, 6) is 0.523. The van der Waals surface area contributed by atoms with Crippen LogP contribution in [0.3, 0.4) is 0 Å². The van der Waals surface area contributed by atoms with E-state index in [-0.39, 0.29) is 23.9 Å². The van der Waals surface area contributed by atoms with E-state index in [0.29, 0.717) is 41.7 Å².